The van der Waals surface area contributed by atoms with E-state index in [0.717, 1.165) is 32.4 Å². The number of rotatable bonds is 1. The van der Waals surface area contributed by atoms with Crippen LogP contribution in [0, 0.1) is 5.92 Å². The highest BCUT2D eigenvalue weighted by Gasteiger charge is 2.35. The van der Waals surface area contributed by atoms with Crippen LogP contribution in [0.3, 0.4) is 0 Å². The van der Waals surface area contributed by atoms with Gasteiger partial charge < -0.3 is 10.6 Å². The van der Waals surface area contributed by atoms with Gasteiger partial charge in [0.25, 0.3) is 0 Å². The molecule has 2 aliphatic rings. The van der Waals surface area contributed by atoms with Gasteiger partial charge in [-0.2, -0.15) is 0 Å². The fraction of sp³-hybridized carbons (Fsp3) is 0.933. The molecule has 4 unspecified atom stereocenters. The normalized spacial score (nSPS) is 38.0. The lowest BCUT2D eigenvalue weighted by Gasteiger charge is -2.43. The molecule has 0 aromatic heterocycles. The molecule has 2 N–H and O–H groups in total. The second-order valence-electron chi connectivity index (χ2n) is 6.52. The second kappa shape index (κ2) is 6.23. The van der Waals surface area contributed by atoms with Crippen molar-refractivity contribution in [1.29, 1.82) is 0 Å². The van der Waals surface area contributed by atoms with Gasteiger partial charge in [-0.15, -0.1) is 0 Å². The molecule has 2 fully saturated rings. The van der Waals surface area contributed by atoms with Crippen molar-refractivity contribution in [3.05, 3.63) is 0 Å². The Morgan fingerprint density at radius 3 is 2.26 bits per heavy atom. The molecule has 1 heterocycles. The Labute approximate surface area is 117 Å². The molecule has 2 rings (SSSR count). The number of carbonyl (C=O) groups excluding carboxylic acids is 1. The maximum Gasteiger partial charge on any atom is 0.227 e. The quantitative estimate of drug-likeness (QED) is 0.732. The van der Waals surface area contributed by atoms with Gasteiger partial charge in [0.1, 0.15) is 0 Å². The molecule has 1 amide bonds. The van der Waals surface area contributed by atoms with E-state index in [4.69, 9.17) is 5.73 Å². The predicted octanol–water partition coefficient (Wildman–Crippen LogP) is 1.45. The minimum atomic E-state index is 0.0605. The Hall–Kier alpha value is -0.610. The van der Waals surface area contributed by atoms with Crippen LogP contribution in [0.15, 0.2) is 0 Å². The number of nitrogens with two attached hydrogens (primary N) is 1. The van der Waals surface area contributed by atoms with Crippen molar-refractivity contribution in [2.75, 3.05) is 20.1 Å². The van der Waals surface area contributed by atoms with Gasteiger partial charge in [0.05, 0.1) is 5.92 Å². The topological polar surface area (TPSA) is 49.6 Å². The van der Waals surface area contributed by atoms with Crippen molar-refractivity contribution < 1.29 is 4.79 Å². The van der Waals surface area contributed by atoms with E-state index in [1.165, 1.54) is 12.8 Å². The van der Waals surface area contributed by atoms with E-state index in [-0.39, 0.29) is 12.0 Å². The lowest BCUT2D eigenvalue weighted by atomic mass is 9.93. The van der Waals surface area contributed by atoms with Crippen molar-refractivity contribution in [2.24, 2.45) is 11.7 Å². The summed E-state index contributed by atoms with van der Waals surface area (Å²) < 4.78 is 0. The monoisotopic (exact) mass is 267 g/mol. The minimum Gasteiger partial charge on any atom is -0.339 e. The van der Waals surface area contributed by atoms with E-state index in [1.54, 1.807) is 0 Å². The first-order valence-corrected chi connectivity index (χ1v) is 7.77. The molecule has 110 valence electrons. The highest BCUT2D eigenvalue weighted by atomic mass is 16.2. The highest BCUT2D eigenvalue weighted by Crippen LogP contribution is 2.25. The van der Waals surface area contributed by atoms with Crippen LogP contribution in [-0.2, 0) is 4.79 Å². The third-order valence-corrected chi connectivity index (χ3v) is 5.06. The van der Waals surface area contributed by atoms with E-state index in [0.29, 0.717) is 18.0 Å². The third kappa shape index (κ3) is 3.29. The maximum absolute atomic E-state index is 12.7. The summed E-state index contributed by atoms with van der Waals surface area (Å²) in [7, 11) is 2.15. The van der Waals surface area contributed by atoms with Crippen LogP contribution in [-0.4, -0.2) is 54.0 Å². The first kappa shape index (κ1) is 14.8. The summed E-state index contributed by atoms with van der Waals surface area (Å²) in [5.41, 5.74) is 6.23. The first-order chi connectivity index (χ1) is 9.00. The summed E-state index contributed by atoms with van der Waals surface area (Å²) in [4.78, 5) is 17.2. The molecular formula is C15H29N3O. The van der Waals surface area contributed by atoms with E-state index < -0.39 is 0 Å². The number of hydrogen-bond donors (Lipinski definition) is 1. The van der Waals surface area contributed by atoms with Crippen LogP contribution in [0.25, 0.3) is 0 Å². The van der Waals surface area contributed by atoms with Crippen molar-refractivity contribution in [3.8, 4) is 0 Å². The van der Waals surface area contributed by atoms with Gasteiger partial charge in [0.2, 0.25) is 5.91 Å². The largest absolute Gasteiger partial charge is 0.339 e. The molecule has 1 saturated carbocycles. The Bertz CT molecular complexity index is 309. The van der Waals surface area contributed by atoms with Crippen LogP contribution in [0.2, 0.25) is 0 Å². The molecule has 4 nitrogen and oxygen atoms in total. The zero-order valence-electron chi connectivity index (χ0n) is 12.6. The van der Waals surface area contributed by atoms with Crippen LogP contribution >= 0.6 is 0 Å². The molecule has 1 aliphatic heterocycles. The van der Waals surface area contributed by atoms with Gasteiger partial charge in [-0.1, -0.05) is 19.3 Å². The smallest absolute Gasteiger partial charge is 0.227 e. The lowest BCUT2D eigenvalue weighted by Crippen LogP contribution is -2.58. The van der Waals surface area contributed by atoms with Crippen LogP contribution in [0.5, 0.6) is 0 Å². The van der Waals surface area contributed by atoms with Gasteiger partial charge in [0.15, 0.2) is 0 Å². The van der Waals surface area contributed by atoms with Crippen molar-refractivity contribution in [2.45, 2.75) is 64.1 Å². The molecule has 4 heteroatoms. The van der Waals surface area contributed by atoms with Gasteiger partial charge in [0, 0.05) is 31.2 Å². The Balaban J connectivity index is 2.02. The summed E-state index contributed by atoms with van der Waals surface area (Å²) in [5, 5.41) is 0. The molecule has 0 aromatic rings. The number of piperazine rings is 1. The van der Waals surface area contributed by atoms with Gasteiger partial charge in [-0.3, -0.25) is 9.69 Å². The number of carbonyl (C=O) groups is 1. The summed E-state index contributed by atoms with van der Waals surface area (Å²) in [5.74, 6) is 0.367. The summed E-state index contributed by atoms with van der Waals surface area (Å²) >= 11 is 0. The Morgan fingerprint density at radius 2 is 1.63 bits per heavy atom. The predicted molar refractivity (Wildman–Crippen MR) is 77.8 cm³/mol. The van der Waals surface area contributed by atoms with Crippen LogP contribution in [0.4, 0.5) is 0 Å². The summed E-state index contributed by atoms with van der Waals surface area (Å²) in [6.07, 6.45) is 5.56. The SMILES string of the molecule is CC1CN(C(=O)C2CCCCCC2N)CC(C)N1C. The number of amides is 1. The number of nitrogens with zero attached hydrogens (tertiary/aromatic N) is 2. The zero-order valence-corrected chi connectivity index (χ0v) is 12.6. The molecule has 0 bridgehead atoms. The van der Waals surface area contributed by atoms with Crippen molar-refractivity contribution >= 4 is 5.91 Å². The van der Waals surface area contributed by atoms with Crippen LogP contribution < -0.4 is 5.73 Å². The molecule has 1 aliphatic carbocycles. The minimum absolute atomic E-state index is 0.0605. The van der Waals surface area contributed by atoms with Gasteiger partial charge in [-0.05, 0) is 33.7 Å². The fourth-order valence-electron chi connectivity index (χ4n) is 3.46. The average molecular weight is 267 g/mol. The molecule has 19 heavy (non-hydrogen) atoms. The standard InChI is InChI=1S/C15H29N3O/c1-11-9-18(10-12(2)17(11)3)15(19)13-7-5-4-6-8-14(13)16/h11-14H,4-10,16H2,1-3H3. The summed E-state index contributed by atoms with van der Waals surface area (Å²) in [6, 6.07) is 0.949. The molecule has 1 saturated heterocycles. The maximum atomic E-state index is 12.7. The third-order valence-electron chi connectivity index (χ3n) is 5.06. The summed E-state index contributed by atoms with van der Waals surface area (Å²) in [6.45, 7) is 6.09. The average Bonchev–Trinajstić information content (AvgIpc) is 2.59. The molecule has 0 aromatic carbocycles. The van der Waals surface area contributed by atoms with E-state index in [1.807, 2.05) is 0 Å². The van der Waals surface area contributed by atoms with E-state index in [9.17, 15) is 4.79 Å². The zero-order chi connectivity index (χ0) is 14.0. The van der Waals surface area contributed by atoms with Gasteiger partial charge in [-0.25, -0.2) is 0 Å². The second-order valence-corrected chi connectivity index (χ2v) is 6.52. The fourth-order valence-corrected chi connectivity index (χ4v) is 3.46. The highest BCUT2D eigenvalue weighted by molar-refractivity contribution is 5.79. The molecule has 0 radical (unpaired) electrons. The molecule has 0 spiro atoms. The Morgan fingerprint density at radius 1 is 1.05 bits per heavy atom. The first-order valence-electron chi connectivity index (χ1n) is 7.77. The van der Waals surface area contributed by atoms with Gasteiger partial charge >= 0.3 is 0 Å². The lowest BCUT2D eigenvalue weighted by molar-refractivity contribution is -0.140. The number of likely N-dealkylation sites (N-methyl/N-ethyl adjacent to an activating group) is 1. The number of hydrogen-bond acceptors (Lipinski definition) is 3. The van der Waals surface area contributed by atoms with Crippen molar-refractivity contribution in [3.63, 3.8) is 0 Å². The van der Waals surface area contributed by atoms with E-state index in [2.05, 4.69) is 30.7 Å². The molecule has 4 atom stereocenters. The molecular weight excluding hydrogens is 238 g/mol. The van der Waals surface area contributed by atoms with E-state index >= 15 is 0 Å². The Kier molecular flexibility index (Phi) is 4.85. The van der Waals surface area contributed by atoms with Crippen molar-refractivity contribution in [1.82, 2.24) is 9.80 Å². The van der Waals surface area contributed by atoms with Crippen LogP contribution in [0.1, 0.15) is 46.0 Å².